The molecule has 0 aromatic heterocycles. The Balaban J connectivity index is 1.81. The standard InChI is InChI=1S/C25H27N2O6P/c1-17-3-12-22(33-16-32-2)23(13-17)34(14-26-20-8-4-18(5-9-20)24(28)29)15-27-21-10-6-19(7-11-21)25(30)31/h3-13,26-27H,14-16H2,1-2H3,(H,28,29)(H,30,31). The number of carbonyl (C=O) groups is 2. The van der Waals surface area contributed by atoms with Gasteiger partial charge in [0.1, 0.15) is 5.75 Å². The monoisotopic (exact) mass is 482 g/mol. The molecule has 0 aliphatic heterocycles. The molecule has 0 heterocycles. The molecule has 0 saturated heterocycles. The number of nitrogens with one attached hydrogen (secondary N) is 2. The first kappa shape index (κ1) is 25.0. The minimum absolute atomic E-state index is 0.132. The van der Waals surface area contributed by atoms with Crippen molar-refractivity contribution in [1.82, 2.24) is 0 Å². The predicted octanol–water partition coefficient (Wildman–Crippen LogP) is 4.62. The highest BCUT2D eigenvalue weighted by Gasteiger charge is 2.17. The quantitative estimate of drug-likeness (QED) is 0.218. The number of hydrogen-bond donors (Lipinski definition) is 4. The minimum atomic E-state index is -0.966. The minimum Gasteiger partial charge on any atom is -0.478 e. The maximum absolute atomic E-state index is 11.1. The van der Waals surface area contributed by atoms with Crippen molar-refractivity contribution in [1.29, 1.82) is 0 Å². The summed E-state index contributed by atoms with van der Waals surface area (Å²) in [6.45, 7) is 2.15. The fourth-order valence-electron chi connectivity index (χ4n) is 3.18. The molecule has 3 rings (SSSR count). The third-order valence-corrected chi connectivity index (χ3v) is 7.11. The van der Waals surface area contributed by atoms with Crippen molar-refractivity contribution in [3.05, 3.63) is 83.4 Å². The number of methoxy groups -OCH3 is 1. The largest absolute Gasteiger partial charge is 0.478 e. The summed E-state index contributed by atoms with van der Waals surface area (Å²) in [4.78, 5) is 22.2. The molecule has 0 saturated carbocycles. The summed E-state index contributed by atoms with van der Waals surface area (Å²) in [5.41, 5.74) is 3.19. The van der Waals surface area contributed by atoms with Crippen LogP contribution in [-0.4, -0.2) is 48.6 Å². The van der Waals surface area contributed by atoms with Crippen molar-refractivity contribution in [2.24, 2.45) is 0 Å². The molecular weight excluding hydrogens is 455 g/mol. The number of aryl methyl sites for hydroxylation is 1. The van der Waals surface area contributed by atoms with Gasteiger partial charge in [-0.05, 0) is 75.5 Å². The van der Waals surface area contributed by atoms with Crippen LogP contribution in [0.15, 0.2) is 66.7 Å². The van der Waals surface area contributed by atoms with E-state index >= 15 is 0 Å². The van der Waals surface area contributed by atoms with E-state index < -0.39 is 19.9 Å². The van der Waals surface area contributed by atoms with Crippen LogP contribution in [0.4, 0.5) is 11.4 Å². The lowest BCUT2D eigenvalue weighted by molar-refractivity contribution is 0.0518. The Morgan fingerprint density at radius 3 is 1.76 bits per heavy atom. The van der Waals surface area contributed by atoms with Crippen LogP contribution in [-0.2, 0) is 4.74 Å². The Morgan fingerprint density at radius 1 is 0.824 bits per heavy atom. The summed E-state index contributed by atoms with van der Waals surface area (Å²) in [5, 5.41) is 26.1. The number of hydrogen-bond acceptors (Lipinski definition) is 6. The molecule has 0 aliphatic carbocycles. The molecule has 3 aromatic carbocycles. The number of rotatable bonds is 12. The van der Waals surface area contributed by atoms with Crippen LogP contribution in [0.3, 0.4) is 0 Å². The van der Waals surface area contributed by atoms with Crippen LogP contribution in [0.1, 0.15) is 26.3 Å². The van der Waals surface area contributed by atoms with E-state index in [0.717, 1.165) is 28.0 Å². The third-order valence-electron chi connectivity index (χ3n) is 5.00. The maximum atomic E-state index is 11.1. The first-order chi connectivity index (χ1) is 16.4. The highest BCUT2D eigenvalue weighted by molar-refractivity contribution is 7.66. The zero-order valence-corrected chi connectivity index (χ0v) is 19.8. The van der Waals surface area contributed by atoms with E-state index in [9.17, 15) is 9.59 Å². The molecule has 0 radical (unpaired) electrons. The van der Waals surface area contributed by atoms with Gasteiger partial charge >= 0.3 is 11.9 Å². The molecule has 0 atom stereocenters. The molecule has 8 nitrogen and oxygen atoms in total. The van der Waals surface area contributed by atoms with E-state index in [0.29, 0.717) is 12.6 Å². The Labute approximate surface area is 199 Å². The molecule has 3 aromatic rings. The molecule has 0 spiro atoms. The van der Waals surface area contributed by atoms with Gasteiger partial charge in [-0.1, -0.05) is 11.6 Å². The molecule has 0 aliphatic rings. The molecule has 9 heteroatoms. The van der Waals surface area contributed by atoms with Crippen LogP contribution in [0.5, 0.6) is 5.75 Å². The molecule has 34 heavy (non-hydrogen) atoms. The van der Waals surface area contributed by atoms with E-state index in [-0.39, 0.29) is 17.9 Å². The molecular formula is C25H27N2O6P. The SMILES string of the molecule is COCOc1ccc(C)cc1P(CNc1ccc(C(=O)O)cc1)CNc1ccc(C(=O)O)cc1. The number of ether oxygens (including phenoxy) is 2. The number of aromatic carboxylic acids is 2. The van der Waals surface area contributed by atoms with Crippen LogP contribution >= 0.6 is 7.92 Å². The highest BCUT2D eigenvalue weighted by Crippen LogP contribution is 2.38. The third kappa shape index (κ3) is 6.94. The van der Waals surface area contributed by atoms with Gasteiger partial charge in [0, 0.05) is 36.4 Å². The molecule has 4 N–H and O–H groups in total. The van der Waals surface area contributed by atoms with Crippen molar-refractivity contribution >= 4 is 36.5 Å². The van der Waals surface area contributed by atoms with Gasteiger partial charge in [0.2, 0.25) is 0 Å². The maximum Gasteiger partial charge on any atom is 0.335 e. The normalized spacial score (nSPS) is 10.7. The average Bonchev–Trinajstić information content (AvgIpc) is 2.84. The molecule has 0 fully saturated rings. The van der Waals surface area contributed by atoms with Crippen LogP contribution in [0.25, 0.3) is 0 Å². The highest BCUT2D eigenvalue weighted by atomic mass is 31.1. The second-order valence-electron chi connectivity index (χ2n) is 7.50. The zero-order chi connectivity index (χ0) is 24.5. The first-order valence-electron chi connectivity index (χ1n) is 10.5. The molecule has 178 valence electrons. The Morgan fingerprint density at radius 2 is 1.32 bits per heavy atom. The average molecular weight is 482 g/mol. The van der Waals surface area contributed by atoms with Gasteiger partial charge in [-0.2, -0.15) is 0 Å². The molecule has 0 unspecified atom stereocenters. The van der Waals surface area contributed by atoms with Crippen molar-refractivity contribution in [2.45, 2.75) is 6.92 Å². The van der Waals surface area contributed by atoms with E-state index in [1.807, 2.05) is 19.1 Å². The fourth-order valence-corrected chi connectivity index (χ4v) is 5.22. The summed E-state index contributed by atoms with van der Waals surface area (Å²) < 4.78 is 10.9. The van der Waals surface area contributed by atoms with Crippen molar-refractivity contribution in [3.8, 4) is 5.75 Å². The Kier molecular flexibility index (Phi) is 8.85. The van der Waals surface area contributed by atoms with E-state index in [2.05, 4.69) is 16.7 Å². The predicted molar refractivity (Wildman–Crippen MR) is 134 cm³/mol. The lowest BCUT2D eigenvalue weighted by atomic mass is 10.2. The van der Waals surface area contributed by atoms with E-state index in [4.69, 9.17) is 19.7 Å². The number of anilines is 2. The van der Waals surface area contributed by atoms with Crippen LogP contribution < -0.4 is 20.7 Å². The summed E-state index contributed by atoms with van der Waals surface area (Å²) in [7, 11) is 0.738. The number of carboxylic acid groups (broad SMARTS) is 2. The van der Waals surface area contributed by atoms with Gasteiger partial charge in [-0.3, -0.25) is 0 Å². The van der Waals surface area contributed by atoms with Crippen molar-refractivity contribution in [3.63, 3.8) is 0 Å². The molecule has 0 amide bonds. The van der Waals surface area contributed by atoms with Crippen LogP contribution in [0.2, 0.25) is 0 Å². The fraction of sp³-hybridized carbons (Fsp3) is 0.200. The number of benzene rings is 3. The molecule has 0 bridgehead atoms. The topological polar surface area (TPSA) is 117 Å². The van der Waals surface area contributed by atoms with E-state index in [1.165, 1.54) is 0 Å². The van der Waals surface area contributed by atoms with Crippen molar-refractivity contribution in [2.75, 3.05) is 37.1 Å². The van der Waals surface area contributed by atoms with Gasteiger partial charge in [0.25, 0.3) is 0 Å². The van der Waals surface area contributed by atoms with Gasteiger partial charge in [-0.15, -0.1) is 0 Å². The summed E-state index contributed by atoms with van der Waals surface area (Å²) in [5.74, 6) is -1.19. The smallest absolute Gasteiger partial charge is 0.335 e. The van der Waals surface area contributed by atoms with Gasteiger partial charge < -0.3 is 30.3 Å². The number of carboxylic acids is 2. The van der Waals surface area contributed by atoms with E-state index in [1.54, 1.807) is 55.6 Å². The lowest BCUT2D eigenvalue weighted by Crippen LogP contribution is -2.19. The second kappa shape index (κ2) is 12.0. The van der Waals surface area contributed by atoms with Gasteiger partial charge in [0.15, 0.2) is 6.79 Å². The first-order valence-corrected chi connectivity index (χ1v) is 12.2. The van der Waals surface area contributed by atoms with Crippen molar-refractivity contribution < 1.29 is 29.3 Å². The zero-order valence-electron chi connectivity index (χ0n) is 18.9. The van der Waals surface area contributed by atoms with Gasteiger partial charge in [-0.25, -0.2) is 9.59 Å². The summed E-state index contributed by atoms with van der Waals surface area (Å²) in [6, 6.07) is 19.2. The second-order valence-corrected chi connectivity index (χ2v) is 9.69. The summed E-state index contributed by atoms with van der Waals surface area (Å²) >= 11 is 0. The van der Waals surface area contributed by atoms with Gasteiger partial charge in [0.05, 0.1) is 11.1 Å². The Hall–Kier alpha value is -3.61. The van der Waals surface area contributed by atoms with Crippen LogP contribution in [0, 0.1) is 6.92 Å². The lowest BCUT2D eigenvalue weighted by Gasteiger charge is -2.23. The Bertz CT molecular complexity index is 1060. The summed E-state index contributed by atoms with van der Waals surface area (Å²) in [6.07, 6.45) is 1.21.